The molecule has 1 aliphatic rings. The van der Waals surface area contributed by atoms with E-state index < -0.39 is 0 Å². The number of urea groups is 1. The number of nitrogens with one attached hydrogen (secondary N) is 2. The molecule has 0 unspecified atom stereocenters. The van der Waals surface area contributed by atoms with Crippen molar-refractivity contribution in [1.29, 1.82) is 0 Å². The Labute approximate surface area is 114 Å². The summed E-state index contributed by atoms with van der Waals surface area (Å²) in [5.41, 5.74) is 9.44. The quantitative estimate of drug-likeness (QED) is 0.715. The number of aryl methyl sites for hydroxylation is 2. The average Bonchev–Trinajstić information content (AvgIpc) is 2.37. The summed E-state index contributed by atoms with van der Waals surface area (Å²) in [5.74, 6) is 0. The van der Waals surface area contributed by atoms with Gasteiger partial charge in [0.1, 0.15) is 0 Å². The van der Waals surface area contributed by atoms with Crippen molar-refractivity contribution >= 4 is 17.4 Å². The maximum Gasteiger partial charge on any atom is 0.319 e. The minimum absolute atomic E-state index is 0.127. The number of carbonyl (C=O) groups is 1. The zero-order valence-corrected chi connectivity index (χ0v) is 11.8. The van der Waals surface area contributed by atoms with Gasteiger partial charge in [0.2, 0.25) is 0 Å². The van der Waals surface area contributed by atoms with Crippen molar-refractivity contribution in [2.24, 2.45) is 0 Å². The normalized spacial score (nSPS) is 16.1. The van der Waals surface area contributed by atoms with Gasteiger partial charge >= 0.3 is 6.03 Å². The lowest BCUT2D eigenvalue weighted by atomic mass is 9.96. The monoisotopic (exact) mass is 261 g/mol. The summed E-state index contributed by atoms with van der Waals surface area (Å²) < 4.78 is 0. The summed E-state index contributed by atoms with van der Waals surface area (Å²) >= 11 is 0. The average molecular weight is 261 g/mol. The molecule has 0 saturated heterocycles. The highest BCUT2D eigenvalue weighted by molar-refractivity contribution is 5.91. The molecule has 0 bridgehead atoms. The number of hydrogen-bond donors (Lipinski definition) is 3. The predicted octanol–water partition coefficient (Wildman–Crippen LogP) is 3.34. The fourth-order valence-corrected chi connectivity index (χ4v) is 2.59. The highest BCUT2D eigenvalue weighted by atomic mass is 16.2. The van der Waals surface area contributed by atoms with Crippen molar-refractivity contribution in [2.45, 2.75) is 52.0 Å². The Morgan fingerprint density at radius 2 is 1.84 bits per heavy atom. The number of carbonyl (C=O) groups excluding carboxylic acids is 1. The third kappa shape index (κ3) is 3.63. The first-order chi connectivity index (χ1) is 9.06. The van der Waals surface area contributed by atoms with Gasteiger partial charge in [-0.05, 0) is 43.9 Å². The largest absolute Gasteiger partial charge is 0.398 e. The Morgan fingerprint density at radius 1 is 1.16 bits per heavy atom. The number of benzene rings is 1. The van der Waals surface area contributed by atoms with Crippen LogP contribution in [0.4, 0.5) is 16.2 Å². The van der Waals surface area contributed by atoms with Crippen LogP contribution in [0.1, 0.15) is 43.2 Å². The molecule has 0 heterocycles. The van der Waals surface area contributed by atoms with E-state index in [1.54, 1.807) is 0 Å². The highest BCUT2D eigenvalue weighted by Crippen LogP contribution is 2.22. The molecule has 0 aliphatic heterocycles. The lowest BCUT2D eigenvalue weighted by Gasteiger charge is -2.23. The molecule has 0 aromatic heterocycles. The Balaban J connectivity index is 1.96. The van der Waals surface area contributed by atoms with Gasteiger partial charge in [0, 0.05) is 17.4 Å². The second-order valence-corrected chi connectivity index (χ2v) is 5.46. The molecule has 0 radical (unpaired) electrons. The van der Waals surface area contributed by atoms with Crippen LogP contribution in [0.25, 0.3) is 0 Å². The number of nitrogens with two attached hydrogens (primary N) is 1. The van der Waals surface area contributed by atoms with Gasteiger partial charge in [-0.3, -0.25) is 0 Å². The maximum absolute atomic E-state index is 12.0. The zero-order valence-electron chi connectivity index (χ0n) is 11.8. The molecule has 1 fully saturated rings. The van der Waals surface area contributed by atoms with E-state index in [-0.39, 0.29) is 6.03 Å². The molecule has 2 amide bonds. The lowest BCUT2D eigenvalue weighted by Crippen LogP contribution is -2.39. The van der Waals surface area contributed by atoms with E-state index in [1.165, 1.54) is 19.3 Å². The molecule has 0 spiro atoms. The summed E-state index contributed by atoms with van der Waals surface area (Å²) in [4.78, 5) is 12.0. The van der Waals surface area contributed by atoms with Crippen LogP contribution in [0.2, 0.25) is 0 Å². The number of amides is 2. The molecular formula is C15H23N3O. The van der Waals surface area contributed by atoms with Crippen molar-refractivity contribution < 1.29 is 4.79 Å². The standard InChI is InChI=1S/C15H23N3O/c1-10-8-11(2)14(9-13(10)16)18-15(19)17-12-6-4-3-5-7-12/h8-9,12H,3-7,16H2,1-2H3,(H2,17,18,19). The van der Waals surface area contributed by atoms with E-state index >= 15 is 0 Å². The van der Waals surface area contributed by atoms with Gasteiger partial charge in [0.05, 0.1) is 0 Å². The topological polar surface area (TPSA) is 67.2 Å². The molecule has 104 valence electrons. The Hall–Kier alpha value is -1.71. The SMILES string of the molecule is Cc1cc(C)c(NC(=O)NC2CCCCC2)cc1N. The Morgan fingerprint density at radius 3 is 2.53 bits per heavy atom. The first kappa shape index (κ1) is 13.7. The number of anilines is 2. The predicted molar refractivity (Wildman–Crippen MR) is 79.4 cm³/mol. The molecule has 4 N–H and O–H groups in total. The number of hydrogen-bond acceptors (Lipinski definition) is 2. The van der Waals surface area contributed by atoms with Crippen molar-refractivity contribution in [3.63, 3.8) is 0 Å². The van der Waals surface area contributed by atoms with E-state index in [2.05, 4.69) is 10.6 Å². The smallest absolute Gasteiger partial charge is 0.319 e. The van der Waals surface area contributed by atoms with Crippen LogP contribution in [-0.2, 0) is 0 Å². The first-order valence-electron chi connectivity index (χ1n) is 7.00. The number of nitrogen functional groups attached to an aromatic ring is 1. The Bertz CT molecular complexity index is 465. The van der Waals surface area contributed by atoms with E-state index in [0.717, 1.165) is 29.7 Å². The van der Waals surface area contributed by atoms with Gasteiger partial charge in [-0.1, -0.05) is 25.3 Å². The van der Waals surface area contributed by atoms with Crippen LogP contribution in [0.3, 0.4) is 0 Å². The fourth-order valence-electron chi connectivity index (χ4n) is 2.59. The van der Waals surface area contributed by atoms with Crippen LogP contribution in [0, 0.1) is 13.8 Å². The summed E-state index contributed by atoms with van der Waals surface area (Å²) in [6.07, 6.45) is 5.88. The van der Waals surface area contributed by atoms with Gasteiger partial charge in [-0.15, -0.1) is 0 Å². The summed E-state index contributed by atoms with van der Waals surface area (Å²) in [7, 11) is 0. The van der Waals surface area contributed by atoms with Gasteiger partial charge < -0.3 is 16.4 Å². The number of rotatable bonds is 2. The van der Waals surface area contributed by atoms with Gasteiger partial charge in [-0.2, -0.15) is 0 Å². The first-order valence-corrected chi connectivity index (χ1v) is 7.00. The van der Waals surface area contributed by atoms with Gasteiger partial charge in [0.25, 0.3) is 0 Å². The van der Waals surface area contributed by atoms with Crippen LogP contribution in [0.15, 0.2) is 12.1 Å². The molecule has 1 aliphatic carbocycles. The fraction of sp³-hybridized carbons (Fsp3) is 0.533. The third-order valence-corrected chi connectivity index (χ3v) is 3.80. The van der Waals surface area contributed by atoms with Crippen LogP contribution in [0.5, 0.6) is 0 Å². The van der Waals surface area contributed by atoms with Crippen LogP contribution >= 0.6 is 0 Å². The van der Waals surface area contributed by atoms with E-state index in [4.69, 9.17) is 5.73 Å². The molecule has 19 heavy (non-hydrogen) atoms. The molecule has 4 nitrogen and oxygen atoms in total. The summed E-state index contributed by atoms with van der Waals surface area (Å²) in [6.45, 7) is 3.94. The highest BCUT2D eigenvalue weighted by Gasteiger charge is 2.16. The van der Waals surface area contributed by atoms with Crippen molar-refractivity contribution in [2.75, 3.05) is 11.1 Å². The minimum Gasteiger partial charge on any atom is -0.398 e. The van der Waals surface area contributed by atoms with Gasteiger partial charge in [-0.25, -0.2) is 4.79 Å². The Kier molecular flexibility index (Phi) is 4.30. The maximum atomic E-state index is 12.0. The molecule has 2 rings (SSSR count). The summed E-state index contributed by atoms with van der Waals surface area (Å²) in [5, 5.41) is 5.93. The third-order valence-electron chi connectivity index (χ3n) is 3.80. The van der Waals surface area contributed by atoms with Crippen molar-refractivity contribution in [3.8, 4) is 0 Å². The lowest BCUT2D eigenvalue weighted by molar-refractivity contribution is 0.244. The van der Waals surface area contributed by atoms with Crippen LogP contribution < -0.4 is 16.4 Å². The van der Waals surface area contributed by atoms with Gasteiger partial charge in [0.15, 0.2) is 0 Å². The van der Waals surface area contributed by atoms with E-state index in [0.29, 0.717) is 11.7 Å². The minimum atomic E-state index is -0.127. The summed E-state index contributed by atoms with van der Waals surface area (Å²) in [6, 6.07) is 4.01. The van der Waals surface area contributed by atoms with Crippen molar-refractivity contribution in [1.82, 2.24) is 5.32 Å². The molecule has 0 atom stereocenters. The van der Waals surface area contributed by atoms with E-state index in [9.17, 15) is 4.79 Å². The zero-order chi connectivity index (χ0) is 13.8. The molecule has 1 saturated carbocycles. The second kappa shape index (κ2) is 5.95. The molecule has 4 heteroatoms. The van der Waals surface area contributed by atoms with Crippen LogP contribution in [-0.4, -0.2) is 12.1 Å². The van der Waals surface area contributed by atoms with E-state index in [1.807, 2.05) is 26.0 Å². The molecule has 1 aromatic carbocycles. The second-order valence-electron chi connectivity index (χ2n) is 5.46. The molecular weight excluding hydrogens is 238 g/mol. The molecule has 1 aromatic rings. The van der Waals surface area contributed by atoms with Crippen molar-refractivity contribution in [3.05, 3.63) is 23.3 Å².